The van der Waals surface area contributed by atoms with Gasteiger partial charge in [0.2, 0.25) is 0 Å². The van der Waals surface area contributed by atoms with Crippen molar-refractivity contribution in [2.45, 2.75) is 12.5 Å². The minimum absolute atomic E-state index is 0.0477. The summed E-state index contributed by atoms with van der Waals surface area (Å²) in [4.78, 5) is 23.8. The number of H-pyrrole nitrogens is 1. The van der Waals surface area contributed by atoms with Gasteiger partial charge < -0.3 is 20.0 Å². The van der Waals surface area contributed by atoms with E-state index in [0.29, 0.717) is 18.2 Å². The maximum absolute atomic E-state index is 11.4. The van der Waals surface area contributed by atoms with Crippen molar-refractivity contribution in [3.63, 3.8) is 0 Å². The fraction of sp³-hybridized carbons (Fsp3) is 0.286. The molecule has 5 rings (SSSR count). The number of pyridine rings is 2. The van der Waals surface area contributed by atoms with Gasteiger partial charge in [0.1, 0.15) is 5.82 Å². The predicted molar refractivity (Wildman–Crippen MR) is 117 cm³/mol. The monoisotopic (exact) mass is 434 g/mol. The van der Waals surface area contributed by atoms with Gasteiger partial charge in [0.25, 0.3) is 0 Å². The first-order valence-electron chi connectivity index (χ1n) is 10.2. The van der Waals surface area contributed by atoms with Gasteiger partial charge in [-0.15, -0.1) is 0 Å². The van der Waals surface area contributed by atoms with Crippen LogP contribution in [0.5, 0.6) is 0 Å². The summed E-state index contributed by atoms with van der Waals surface area (Å²) in [5, 5.41) is 32.2. The number of anilines is 1. The Hall–Kier alpha value is -3.99. The highest BCUT2D eigenvalue weighted by molar-refractivity contribution is 5.83. The van der Waals surface area contributed by atoms with E-state index in [0.717, 1.165) is 22.2 Å². The molecule has 164 valence electrons. The molecule has 1 atom stereocenters. The molecule has 1 fully saturated rings. The number of β-amino-alcohol motifs (C(OH)–C–C–N with tert-alkyl or cyclic N) is 1. The van der Waals surface area contributed by atoms with Crippen LogP contribution in [0.4, 0.5) is 10.6 Å². The molecule has 0 aliphatic carbocycles. The van der Waals surface area contributed by atoms with E-state index in [-0.39, 0.29) is 19.6 Å². The number of fused-ring (bicyclic) bond motifs is 1. The molecule has 1 aliphatic heterocycles. The second-order valence-electron chi connectivity index (χ2n) is 8.15. The molecule has 32 heavy (non-hydrogen) atoms. The molecule has 0 saturated carbocycles. The third kappa shape index (κ3) is 3.73. The number of amides is 1. The highest BCUT2D eigenvalue weighted by Gasteiger charge is 2.33. The van der Waals surface area contributed by atoms with Gasteiger partial charge in [0, 0.05) is 43.0 Å². The predicted octanol–water partition coefficient (Wildman–Crippen LogP) is 1.76. The molecule has 11 nitrogen and oxygen atoms in total. The molecule has 0 aromatic carbocycles. The first kappa shape index (κ1) is 19.9. The normalized spacial score (nSPS) is 19.3. The first-order valence-corrected chi connectivity index (χ1v) is 10.2. The molecule has 4 aromatic rings. The Morgan fingerprint density at radius 1 is 1.16 bits per heavy atom. The number of aromatic amines is 1. The largest absolute Gasteiger partial charge is 0.465 e. The van der Waals surface area contributed by atoms with Crippen LogP contribution >= 0.6 is 0 Å². The molecule has 11 heteroatoms. The maximum Gasteiger partial charge on any atom is 0.407 e. The number of carbonyl (C=O) groups is 1. The van der Waals surface area contributed by atoms with Gasteiger partial charge >= 0.3 is 6.09 Å². The van der Waals surface area contributed by atoms with Crippen LogP contribution in [-0.2, 0) is 0 Å². The molecule has 1 unspecified atom stereocenters. The zero-order chi connectivity index (χ0) is 22.3. The molecule has 1 amide bonds. The Balaban J connectivity index is 1.50. The van der Waals surface area contributed by atoms with Crippen LogP contribution in [-0.4, -0.2) is 82.9 Å². The average molecular weight is 434 g/mol. The zero-order valence-electron chi connectivity index (χ0n) is 17.4. The molecule has 0 radical (unpaired) electrons. The summed E-state index contributed by atoms with van der Waals surface area (Å²) in [6.07, 6.45) is 5.94. The summed E-state index contributed by atoms with van der Waals surface area (Å²) >= 11 is 0. The summed E-state index contributed by atoms with van der Waals surface area (Å²) in [6, 6.07) is 7.51. The van der Waals surface area contributed by atoms with Crippen LogP contribution < -0.4 is 4.90 Å². The van der Waals surface area contributed by atoms with Crippen molar-refractivity contribution in [1.82, 2.24) is 34.8 Å². The van der Waals surface area contributed by atoms with Crippen molar-refractivity contribution in [1.29, 1.82) is 0 Å². The minimum atomic E-state index is -1.20. The van der Waals surface area contributed by atoms with Crippen molar-refractivity contribution in [2.75, 3.05) is 31.1 Å². The lowest BCUT2D eigenvalue weighted by molar-refractivity contribution is 0.0378. The van der Waals surface area contributed by atoms with Crippen LogP contribution in [0, 0.1) is 0 Å². The maximum atomic E-state index is 11.4. The van der Waals surface area contributed by atoms with Gasteiger partial charge in [-0.3, -0.25) is 10.1 Å². The van der Waals surface area contributed by atoms with E-state index in [2.05, 4.69) is 20.3 Å². The number of nitrogens with one attached hydrogen (secondary N) is 1. The van der Waals surface area contributed by atoms with Gasteiger partial charge in [-0.05, 0) is 25.1 Å². The second kappa shape index (κ2) is 7.61. The molecule has 5 heterocycles. The van der Waals surface area contributed by atoms with E-state index in [4.69, 9.17) is 4.98 Å². The minimum Gasteiger partial charge on any atom is -0.465 e. The Morgan fingerprint density at radius 2 is 2.00 bits per heavy atom. The van der Waals surface area contributed by atoms with Crippen LogP contribution in [0.15, 0.2) is 49.1 Å². The summed E-state index contributed by atoms with van der Waals surface area (Å²) in [6.45, 7) is 2.65. The van der Waals surface area contributed by atoms with E-state index in [1.165, 1.54) is 4.90 Å². The lowest BCUT2D eigenvalue weighted by atomic mass is 10.1. The Bertz CT molecular complexity index is 1270. The second-order valence-corrected chi connectivity index (χ2v) is 8.15. The summed E-state index contributed by atoms with van der Waals surface area (Å²) in [5.41, 5.74) is 1.29. The molecule has 3 N–H and O–H groups in total. The molecule has 4 aromatic heterocycles. The van der Waals surface area contributed by atoms with Gasteiger partial charge in [0.15, 0.2) is 5.82 Å². The van der Waals surface area contributed by atoms with E-state index in [1.54, 1.807) is 36.4 Å². The quantitative estimate of drug-likeness (QED) is 0.444. The number of hydrogen-bond donors (Lipinski definition) is 3. The third-order valence-electron chi connectivity index (χ3n) is 5.48. The topological polar surface area (TPSA) is 136 Å². The van der Waals surface area contributed by atoms with Crippen LogP contribution in [0.1, 0.15) is 6.92 Å². The first-order chi connectivity index (χ1) is 15.4. The Labute approximate surface area is 182 Å². The van der Waals surface area contributed by atoms with Gasteiger partial charge in [0.05, 0.1) is 35.8 Å². The van der Waals surface area contributed by atoms with Gasteiger partial charge in [-0.2, -0.15) is 10.2 Å². The highest BCUT2D eigenvalue weighted by atomic mass is 16.4. The van der Waals surface area contributed by atoms with Crippen molar-refractivity contribution >= 4 is 22.8 Å². The van der Waals surface area contributed by atoms with Crippen LogP contribution in [0.25, 0.3) is 28.0 Å². The molecule has 1 saturated heterocycles. The highest BCUT2D eigenvalue weighted by Crippen LogP contribution is 2.25. The fourth-order valence-corrected chi connectivity index (χ4v) is 3.99. The van der Waals surface area contributed by atoms with Crippen molar-refractivity contribution < 1.29 is 15.0 Å². The average Bonchev–Trinajstić information content (AvgIpc) is 3.41. The number of nitrogens with zero attached hydrogens (tertiary/aromatic N) is 7. The lowest BCUT2D eigenvalue weighted by Gasteiger charge is -2.29. The summed E-state index contributed by atoms with van der Waals surface area (Å²) in [7, 11) is 0. The number of aliphatic hydroxyl groups is 1. The van der Waals surface area contributed by atoms with Crippen molar-refractivity contribution in [3.8, 4) is 17.1 Å². The summed E-state index contributed by atoms with van der Waals surface area (Å²) in [5.74, 6) is 1.25. The third-order valence-corrected chi connectivity index (χ3v) is 5.48. The van der Waals surface area contributed by atoms with E-state index >= 15 is 0 Å². The zero-order valence-corrected chi connectivity index (χ0v) is 17.4. The SMILES string of the molecule is CC1(O)CN(C(=O)O)CCN(c2cccc(-n3ncc4cnc(-c5cn[nH]c5)cc43)n2)C1. The molecular weight excluding hydrogens is 412 g/mol. The smallest absolute Gasteiger partial charge is 0.407 e. The standard InChI is InChI=1S/C21H22N8O3/c1-21(32)12-27(5-6-28(13-21)20(30)31)18-3-2-4-19(26-18)29-17-7-16(14-9-23-24-10-14)22-8-15(17)11-25-29/h2-4,7-11,32H,5-6,12-13H2,1H3,(H,23,24)(H,30,31). The van der Waals surface area contributed by atoms with E-state index < -0.39 is 11.7 Å². The Morgan fingerprint density at radius 3 is 2.78 bits per heavy atom. The number of carboxylic acid groups (broad SMARTS) is 1. The van der Waals surface area contributed by atoms with Crippen LogP contribution in [0.3, 0.4) is 0 Å². The number of aromatic nitrogens is 6. The summed E-state index contributed by atoms with van der Waals surface area (Å²) < 4.78 is 1.74. The van der Waals surface area contributed by atoms with Crippen molar-refractivity contribution in [2.24, 2.45) is 0 Å². The van der Waals surface area contributed by atoms with Crippen molar-refractivity contribution in [3.05, 3.63) is 49.1 Å². The van der Waals surface area contributed by atoms with Crippen LogP contribution in [0.2, 0.25) is 0 Å². The van der Waals surface area contributed by atoms with E-state index in [9.17, 15) is 15.0 Å². The lowest BCUT2D eigenvalue weighted by Crippen LogP contribution is -2.45. The molecule has 0 spiro atoms. The molecule has 0 bridgehead atoms. The Kier molecular flexibility index (Phi) is 4.74. The fourth-order valence-electron chi connectivity index (χ4n) is 3.99. The molecular formula is C21H22N8O3. The van der Waals surface area contributed by atoms with Gasteiger partial charge in [-0.1, -0.05) is 6.07 Å². The number of rotatable bonds is 3. The molecule has 1 aliphatic rings. The van der Waals surface area contributed by atoms with Gasteiger partial charge in [-0.25, -0.2) is 14.5 Å². The van der Waals surface area contributed by atoms with E-state index in [1.807, 2.05) is 29.2 Å². The number of hydrogen-bond acceptors (Lipinski definition) is 7.